The fraction of sp³-hybridized carbons (Fsp3) is 0.368. The number of carbonyl (C=O) groups is 2. The molecular formula is C19H24N4O3S. The molecule has 0 saturated carbocycles. The highest BCUT2D eigenvalue weighted by Crippen LogP contribution is 2.33. The zero-order valence-electron chi connectivity index (χ0n) is 15.9. The second kappa shape index (κ2) is 7.98. The smallest absolute Gasteiger partial charge is 0.319 e. The lowest BCUT2D eigenvalue weighted by Crippen LogP contribution is -2.37. The van der Waals surface area contributed by atoms with Gasteiger partial charge >= 0.3 is 6.03 Å². The molecule has 1 aliphatic rings. The average molecular weight is 388 g/mol. The molecule has 0 unspecified atom stereocenters. The first kappa shape index (κ1) is 19.2. The zero-order chi connectivity index (χ0) is 19.6. The summed E-state index contributed by atoms with van der Waals surface area (Å²) in [6, 6.07) is 7.16. The SMILES string of the molecule is Cc1ccsc1[C@@H](CNC(=O)Nc1ccc2c(c1)OCC(=O)N2C)N(C)C. The van der Waals surface area contributed by atoms with Gasteiger partial charge in [-0.15, -0.1) is 11.3 Å². The second-order valence-corrected chi connectivity index (χ2v) is 7.65. The number of aryl methyl sites for hydroxylation is 1. The van der Waals surface area contributed by atoms with Gasteiger partial charge < -0.3 is 25.2 Å². The maximum atomic E-state index is 12.3. The van der Waals surface area contributed by atoms with E-state index in [4.69, 9.17) is 4.74 Å². The Balaban J connectivity index is 1.62. The molecule has 1 atom stereocenters. The minimum atomic E-state index is -0.281. The molecule has 1 aliphatic heterocycles. The summed E-state index contributed by atoms with van der Waals surface area (Å²) < 4.78 is 5.45. The maximum absolute atomic E-state index is 12.3. The number of amides is 3. The number of hydrogen-bond donors (Lipinski definition) is 2. The Morgan fingerprint density at radius 1 is 1.37 bits per heavy atom. The molecule has 7 nitrogen and oxygen atoms in total. The largest absolute Gasteiger partial charge is 0.481 e. The number of anilines is 2. The highest BCUT2D eigenvalue weighted by molar-refractivity contribution is 7.10. The van der Waals surface area contributed by atoms with E-state index in [0.717, 1.165) is 0 Å². The third-order valence-electron chi connectivity index (χ3n) is 4.59. The van der Waals surface area contributed by atoms with Gasteiger partial charge in [0.25, 0.3) is 5.91 Å². The number of nitrogens with zero attached hydrogens (tertiary/aromatic N) is 2. The van der Waals surface area contributed by atoms with Crippen LogP contribution in [0.3, 0.4) is 0 Å². The third-order valence-corrected chi connectivity index (χ3v) is 5.71. The first-order chi connectivity index (χ1) is 12.9. The van der Waals surface area contributed by atoms with Gasteiger partial charge in [0.15, 0.2) is 6.61 Å². The monoisotopic (exact) mass is 388 g/mol. The number of nitrogens with one attached hydrogen (secondary N) is 2. The van der Waals surface area contributed by atoms with Crippen molar-refractivity contribution in [1.29, 1.82) is 0 Å². The first-order valence-corrected chi connectivity index (χ1v) is 9.53. The summed E-state index contributed by atoms with van der Waals surface area (Å²) in [5.41, 5.74) is 2.53. The number of urea groups is 1. The standard InChI is InChI=1S/C19H24N4O3S/c1-12-7-8-27-18(12)15(22(2)3)10-20-19(25)21-13-5-6-14-16(9-13)26-11-17(24)23(14)4/h5-9,15H,10-11H2,1-4H3,(H2,20,21,25)/t15-/m1/s1. The lowest BCUT2D eigenvalue weighted by Gasteiger charge is -2.26. The minimum absolute atomic E-state index is 0.00380. The van der Waals surface area contributed by atoms with Gasteiger partial charge in [-0.1, -0.05) is 0 Å². The second-order valence-electron chi connectivity index (χ2n) is 6.71. The lowest BCUT2D eigenvalue weighted by atomic mass is 10.1. The number of carbonyl (C=O) groups excluding carboxylic acids is 2. The lowest BCUT2D eigenvalue weighted by molar-refractivity contribution is -0.120. The van der Waals surface area contributed by atoms with Crippen LogP contribution in [-0.2, 0) is 4.79 Å². The maximum Gasteiger partial charge on any atom is 0.319 e. The molecule has 1 aromatic heterocycles. The van der Waals surface area contributed by atoms with E-state index in [-0.39, 0.29) is 24.6 Å². The molecule has 27 heavy (non-hydrogen) atoms. The molecule has 0 saturated heterocycles. The number of rotatable bonds is 5. The zero-order valence-corrected chi connectivity index (χ0v) is 16.7. The number of ether oxygens (including phenoxy) is 1. The normalized spacial score (nSPS) is 14.6. The van der Waals surface area contributed by atoms with E-state index >= 15 is 0 Å². The van der Waals surface area contributed by atoms with E-state index in [1.54, 1.807) is 41.5 Å². The van der Waals surface area contributed by atoms with Crippen molar-refractivity contribution >= 4 is 34.6 Å². The van der Waals surface area contributed by atoms with E-state index in [1.165, 1.54) is 10.4 Å². The van der Waals surface area contributed by atoms with Gasteiger partial charge in [0, 0.05) is 30.2 Å². The highest BCUT2D eigenvalue weighted by Gasteiger charge is 2.23. The molecule has 0 fully saturated rings. The van der Waals surface area contributed by atoms with Crippen molar-refractivity contribution < 1.29 is 14.3 Å². The van der Waals surface area contributed by atoms with E-state index in [1.807, 2.05) is 14.1 Å². The van der Waals surface area contributed by atoms with Gasteiger partial charge in [0.1, 0.15) is 5.75 Å². The Bertz CT molecular complexity index is 849. The summed E-state index contributed by atoms with van der Waals surface area (Å²) in [7, 11) is 5.71. The molecule has 8 heteroatoms. The van der Waals surface area contributed by atoms with Crippen molar-refractivity contribution in [2.45, 2.75) is 13.0 Å². The molecule has 0 aliphatic carbocycles. The van der Waals surface area contributed by atoms with Crippen molar-refractivity contribution in [2.24, 2.45) is 0 Å². The number of thiophene rings is 1. The van der Waals surface area contributed by atoms with Crippen LogP contribution in [-0.4, -0.2) is 51.1 Å². The van der Waals surface area contributed by atoms with Crippen LogP contribution in [0.5, 0.6) is 5.75 Å². The summed E-state index contributed by atoms with van der Waals surface area (Å²) in [6.07, 6.45) is 0. The van der Waals surface area contributed by atoms with E-state index in [9.17, 15) is 9.59 Å². The van der Waals surface area contributed by atoms with Crippen LogP contribution in [0.4, 0.5) is 16.2 Å². The van der Waals surface area contributed by atoms with Crippen molar-refractivity contribution in [3.8, 4) is 5.75 Å². The van der Waals surface area contributed by atoms with Gasteiger partial charge in [-0.3, -0.25) is 4.79 Å². The van der Waals surface area contributed by atoms with Crippen molar-refractivity contribution in [3.63, 3.8) is 0 Å². The Labute approximate surface area is 162 Å². The predicted octanol–water partition coefficient (Wildman–Crippen LogP) is 2.84. The van der Waals surface area contributed by atoms with Gasteiger partial charge in [-0.05, 0) is 50.2 Å². The van der Waals surface area contributed by atoms with Gasteiger partial charge in [-0.25, -0.2) is 4.79 Å². The molecule has 0 bridgehead atoms. The fourth-order valence-electron chi connectivity index (χ4n) is 2.96. The van der Waals surface area contributed by atoms with E-state index in [2.05, 4.69) is 33.9 Å². The summed E-state index contributed by atoms with van der Waals surface area (Å²) >= 11 is 1.70. The Kier molecular flexibility index (Phi) is 5.67. The molecule has 0 radical (unpaired) electrons. The van der Waals surface area contributed by atoms with E-state index < -0.39 is 0 Å². The number of likely N-dealkylation sites (N-methyl/N-ethyl adjacent to an activating group) is 2. The number of fused-ring (bicyclic) bond motifs is 1. The molecule has 2 heterocycles. The molecule has 1 aromatic carbocycles. The topological polar surface area (TPSA) is 73.9 Å². The van der Waals surface area contributed by atoms with Gasteiger partial charge in [-0.2, -0.15) is 0 Å². The summed E-state index contributed by atoms with van der Waals surface area (Å²) in [5.74, 6) is 0.481. The van der Waals surface area contributed by atoms with Crippen LogP contribution in [0.25, 0.3) is 0 Å². The van der Waals surface area contributed by atoms with Crippen LogP contribution in [0.1, 0.15) is 16.5 Å². The van der Waals surface area contributed by atoms with Crippen molar-refractivity contribution in [3.05, 3.63) is 40.1 Å². The molecule has 2 N–H and O–H groups in total. The number of hydrogen-bond acceptors (Lipinski definition) is 5. The van der Waals surface area contributed by atoms with Gasteiger partial charge in [0.05, 0.1) is 11.7 Å². The average Bonchev–Trinajstić information content (AvgIpc) is 3.04. The quantitative estimate of drug-likeness (QED) is 0.826. The molecule has 0 spiro atoms. The first-order valence-electron chi connectivity index (χ1n) is 8.65. The van der Waals surface area contributed by atoms with Crippen LogP contribution in [0, 0.1) is 6.92 Å². The molecular weight excluding hydrogens is 364 g/mol. The Morgan fingerprint density at radius 3 is 2.81 bits per heavy atom. The van der Waals surface area contributed by atoms with Gasteiger partial charge in [0.2, 0.25) is 0 Å². The van der Waals surface area contributed by atoms with Crippen LogP contribution in [0.15, 0.2) is 29.6 Å². The van der Waals surface area contributed by atoms with Crippen LogP contribution >= 0.6 is 11.3 Å². The Morgan fingerprint density at radius 2 is 2.15 bits per heavy atom. The molecule has 3 amide bonds. The predicted molar refractivity (Wildman–Crippen MR) is 108 cm³/mol. The van der Waals surface area contributed by atoms with Crippen molar-refractivity contribution in [1.82, 2.24) is 10.2 Å². The number of benzene rings is 1. The summed E-state index contributed by atoms with van der Waals surface area (Å²) in [6.45, 7) is 2.58. The minimum Gasteiger partial charge on any atom is -0.481 e. The molecule has 2 aromatic rings. The fourth-order valence-corrected chi connectivity index (χ4v) is 4.08. The van der Waals surface area contributed by atoms with Crippen molar-refractivity contribution in [2.75, 3.05) is 44.5 Å². The van der Waals surface area contributed by atoms with E-state index in [0.29, 0.717) is 23.7 Å². The highest BCUT2D eigenvalue weighted by atomic mass is 32.1. The molecule has 3 rings (SSSR count). The Hall–Kier alpha value is -2.58. The van der Waals surface area contributed by atoms with Crippen LogP contribution < -0.4 is 20.3 Å². The molecule has 144 valence electrons. The summed E-state index contributed by atoms with van der Waals surface area (Å²) in [4.78, 5) is 28.9. The third kappa shape index (κ3) is 4.23. The van der Waals surface area contributed by atoms with Crippen LogP contribution in [0.2, 0.25) is 0 Å². The summed E-state index contributed by atoms with van der Waals surface area (Å²) in [5, 5.41) is 7.82.